The second-order valence-corrected chi connectivity index (χ2v) is 9.46. The van der Waals surface area contributed by atoms with Crippen LogP contribution in [0, 0.1) is 0 Å². The van der Waals surface area contributed by atoms with Crippen LogP contribution < -0.4 is 10.6 Å². The Morgan fingerprint density at radius 1 is 1.09 bits per heavy atom. The molecule has 1 aromatic rings. The predicted molar refractivity (Wildman–Crippen MR) is 124 cm³/mol. The van der Waals surface area contributed by atoms with Crippen LogP contribution in [0.3, 0.4) is 0 Å². The van der Waals surface area contributed by atoms with Gasteiger partial charge in [-0.05, 0) is 34.1 Å². The summed E-state index contributed by atoms with van der Waals surface area (Å²) < 4.78 is 17.5. The summed E-state index contributed by atoms with van der Waals surface area (Å²) in [6, 6.07) is -1.11. The number of carbonyl (C=O) groups is 3. The fourth-order valence-electron chi connectivity index (χ4n) is 3.67. The third-order valence-corrected chi connectivity index (χ3v) is 6.53. The van der Waals surface area contributed by atoms with Crippen LogP contribution in [0.4, 0.5) is 0 Å². The number of carbonyl (C=O) groups excluding carboxylic acids is 3. The Hall–Kier alpha value is -2.57. The van der Waals surface area contributed by atoms with E-state index in [1.807, 2.05) is 34.6 Å². The quantitative estimate of drug-likeness (QED) is 0.515. The molecule has 0 saturated carbocycles. The zero-order valence-electron chi connectivity index (χ0n) is 20.5. The molecule has 186 valence electrons. The predicted octanol–water partition coefficient (Wildman–Crippen LogP) is 0.350. The molecule has 0 aliphatic carbocycles. The van der Waals surface area contributed by atoms with Gasteiger partial charge in [-0.15, -0.1) is 0 Å². The van der Waals surface area contributed by atoms with E-state index in [0.717, 1.165) is 0 Å². The molecule has 0 spiro atoms. The van der Waals surface area contributed by atoms with Crippen LogP contribution in [0.15, 0.2) is 18.6 Å². The monoisotopic (exact) mass is 475 g/mol. The molecule has 2 N–H and O–H groups in total. The Balaban J connectivity index is 1.73. The lowest BCUT2D eigenvalue weighted by Gasteiger charge is -2.32. The lowest BCUT2D eigenvalue weighted by Crippen LogP contribution is -2.56. The Kier molecular flexibility index (Phi) is 8.27. The first-order chi connectivity index (χ1) is 16.0. The minimum Gasteiger partial charge on any atom is -0.402 e. The van der Waals surface area contributed by atoms with Gasteiger partial charge in [-0.1, -0.05) is 6.92 Å². The van der Waals surface area contributed by atoms with Crippen molar-refractivity contribution < 1.29 is 28.4 Å². The van der Waals surface area contributed by atoms with E-state index in [9.17, 15) is 14.4 Å². The Bertz CT molecular complexity index is 862. The van der Waals surface area contributed by atoms with E-state index in [4.69, 9.17) is 14.0 Å². The molecule has 12 heteroatoms. The zero-order valence-corrected chi connectivity index (χ0v) is 20.5. The maximum absolute atomic E-state index is 13.3. The van der Waals surface area contributed by atoms with Gasteiger partial charge >= 0.3 is 7.12 Å². The van der Waals surface area contributed by atoms with Crippen LogP contribution in [0.1, 0.15) is 57.9 Å². The van der Waals surface area contributed by atoms with Crippen LogP contribution in [0.25, 0.3) is 0 Å². The number of nitrogens with zero attached hydrogens (tertiary/aromatic N) is 3. The van der Waals surface area contributed by atoms with Gasteiger partial charge < -0.3 is 29.6 Å². The summed E-state index contributed by atoms with van der Waals surface area (Å²) in [5.74, 6) is -1.80. The molecule has 0 bridgehead atoms. The number of ether oxygens (including phenoxy) is 1. The van der Waals surface area contributed by atoms with E-state index in [-0.39, 0.29) is 18.0 Å². The Morgan fingerprint density at radius 3 is 2.29 bits per heavy atom. The standard InChI is InChI=1S/C22H34BN5O6/c1-6-17(23-33-21(2,3)22(4,5)34-23)27-19(30)15(13-18(29)28-9-11-32-12-10-28)26-20(31)16-14-24-7-8-25-16/h7-8,14-15,17H,6,9-13H2,1-5H3,(H,26,31)(H,27,30). The van der Waals surface area contributed by atoms with E-state index >= 15 is 0 Å². The molecule has 3 amide bonds. The molecule has 11 nitrogen and oxygen atoms in total. The van der Waals surface area contributed by atoms with Crippen molar-refractivity contribution in [3.8, 4) is 0 Å². The largest absolute Gasteiger partial charge is 0.481 e. The Labute approximate surface area is 200 Å². The molecule has 2 fully saturated rings. The van der Waals surface area contributed by atoms with Gasteiger partial charge in [0, 0.05) is 25.5 Å². The van der Waals surface area contributed by atoms with Crippen LogP contribution in [0.5, 0.6) is 0 Å². The van der Waals surface area contributed by atoms with E-state index in [1.54, 1.807) is 4.90 Å². The van der Waals surface area contributed by atoms with Gasteiger partial charge in [0.15, 0.2) is 0 Å². The third-order valence-electron chi connectivity index (χ3n) is 6.53. The summed E-state index contributed by atoms with van der Waals surface area (Å²) in [6.45, 7) is 11.4. The number of amides is 3. The molecular weight excluding hydrogens is 441 g/mol. The van der Waals surface area contributed by atoms with E-state index in [2.05, 4.69) is 20.6 Å². The van der Waals surface area contributed by atoms with Gasteiger partial charge in [0.2, 0.25) is 11.8 Å². The van der Waals surface area contributed by atoms with E-state index in [0.29, 0.717) is 32.7 Å². The van der Waals surface area contributed by atoms with Gasteiger partial charge in [-0.3, -0.25) is 19.4 Å². The van der Waals surface area contributed by atoms with Gasteiger partial charge in [0.1, 0.15) is 11.7 Å². The minimum atomic E-state index is -1.11. The fraction of sp³-hybridized carbons (Fsp3) is 0.682. The zero-order chi connectivity index (χ0) is 24.9. The lowest BCUT2D eigenvalue weighted by molar-refractivity contribution is -0.138. The molecule has 2 aliphatic heterocycles. The highest BCUT2D eigenvalue weighted by molar-refractivity contribution is 6.48. The van der Waals surface area contributed by atoms with Crippen LogP contribution in [-0.4, -0.2) is 89.2 Å². The molecule has 0 radical (unpaired) electrons. The molecule has 2 aliphatic rings. The smallest absolute Gasteiger partial charge is 0.402 e. The molecule has 3 heterocycles. The van der Waals surface area contributed by atoms with Crippen LogP contribution >= 0.6 is 0 Å². The molecule has 2 atom stereocenters. The van der Waals surface area contributed by atoms with Gasteiger partial charge in [-0.2, -0.15) is 0 Å². The number of aromatic nitrogens is 2. The summed E-state index contributed by atoms with van der Waals surface area (Å²) in [4.78, 5) is 48.4. The molecule has 0 aromatic carbocycles. The number of rotatable bonds is 8. The molecular formula is C22H34BN5O6. The normalized spacial score (nSPS) is 21.0. The summed E-state index contributed by atoms with van der Waals surface area (Å²) in [5.41, 5.74) is -1.05. The highest BCUT2D eigenvalue weighted by atomic mass is 16.7. The van der Waals surface area contributed by atoms with Crippen molar-refractivity contribution in [2.24, 2.45) is 0 Å². The number of nitrogens with one attached hydrogen (secondary N) is 2. The highest BCUT2D eigenvalue weighted by Crippen LogP contribution is 2.37. The second kappa shape index (κ2) is 10.8. The maximum Gasteiger partial charge on any atom is 0.481 e. The first-order valence-electron chi connectivity index (χ1n) is 11.6. The molecule has 2 saturated heterocycles. The summed E-state index contributed by atoms with van der Waals surface area (Å²) >= 11 is 0. The van der Waals surface area contributed by atoms with Crippen LogP contribution in [-0.2, 0) is 23.6 Å². The number of hydrogen-bond donors (Lipinski definition) is 2. The van der Waals surface area contributed by atoms with E-state index < -0.39 is 42.1 Å². The topological polar surface area (TPSA) is 132 Å². The van der Waals surface area contributed by atoms with Crippen molar-refractivity contribution >= 4 is 24.8 Å². The Morgan fingerprint density at radius 2 is 1.74 bits per heavy atom. The summed E-state index contributed by atoms with van der Waals surface area (Å²) in [7, 11) is -0.662. The highest BCUT2D eigenvalue weighted by Gasteiger charge is 2.54. The van der Waals surface area contributed by atoms with Crippen molar-refractivity contribution in [3.05, 3.63) is 24.3 Å². The molecule has 34 heavy (non-hydrogen) atoms. The molecule has 3 rings (SSSR count). The van der Waals surface area contributed by atoms with Gasteiger partial charge in [0.25, 0.3) is 5.91 Å². The van der Waals surface area contributed by atoms with Crippen LogP contribution in [0.2, 0.25) is 0 Å². The first kappa shape index (κ1) is 26.0. The van der Waals surface area contributed by atoms with Gasteiger partial charge in [-0.25, -0.2) is 4.98 Å². The number of hydrogen-bond acceptors (Lipinski definition) is 8. The average Bonchev–Trinajstić information content (AvgIpc) is 3.04. The first-order valence-corrected chi connectivity index (χ1v) is 11.6. The van der Waals surface area contributed by atoms with Crippen molar-refractivity contribution in [1.29, 1.82) is 0 Å². The molecule has 1 aromatic heterocycles. The number of morpholine rings is 1. The lowest BCUT2D eigenvalue weighted by atomic mass is 9.76. The van der Waals surface area contributed by atoms with Crippen molar-refractivity contribution in [2.45, 2.75) is 70.6 Å². The minimum absolute atomic E-state index is 0.0529. The molecule has 2 unspecified atom stereocenters. The summed E-state index contributed by atoms with van der Waals surface area (Å²) in [5, 5.41) is 5.56. The second-order valence-electron chi connectivity index (χ2n) is 9.46. The fourth-order valence-corrected chi connectivity index (χ4v) is 3.67. The third kappa shape index (κ3) is 6.11. The van der Waals surface area contributed by atoms with Gasteiger partial charge in [0.05, 0.1) is 43.0 Å². The van der Waals surface area contributed by atoms with Crippen molar-refractivity contribution in [3.63, 3.8) is 0 Å². The summed E-state index contributed by atoms with van der Waals surface area (Å²) in [6.07, 6.45) is 4.46. The average molecular weight is 475 g/mol. The van der Waals surface area contributed by atoms with Crippen molar-refractivity contribution in [1.82, 2.24) is 25.5 Å². The maximum atomic E-state index is 13.3. The van der Waals surface area contributed by atoms with E-state index in [1.165, 1.54) is 18.6 Å². The van der Waals surface area contributed by atoms with Crippen molar-refractivity contribution in [2.75, 3.05) is 26.3 Å². The SMILES string of the molecule is CCC(NC(=O)C(CC(=O)N1CCOCC1)NC(=O)c1cnccn1)B1OC(C)(C)C(C)(C)O1.